The summed E-state index contributed by atoms with van der Waals surface area (Å²) >= 11 is 0. The standard InChI is InChI=1S/C11H14N2OS/c1-2-3-6-15(14)9-10-4-5-13-11(7-10)8-12/h4-5,7H,2-3,6,9H2,1H3. The maximum atomic E-state index is 11.6. The van der Waals surface area contributed by atoms with Crippen molar-refractivity contribution in [3.05, 3.63) is 29.6 Å². The highest BCUT2D eigenvalue weighted by atomic mass is 32.2. The fourth-order valence-electron chi connectivity index (χ4n) is 1.19. The number of rotatable bonds is 5. The van der Waals surface area contributed by atoms with Crippen LogP contribution < -0.4 is 0 Å². The van der Waals surface area contributed by atoms with Gasteiger partial charge in [0.2, 0.25) is 0 Å². The van der Waals surface area contributed by atoms with Gasteiger partial charge in [0.05, 0.1) is 0 Å². The molecule has 1 aromatic heterocycles. The Kier molecular flexibility index (Phi) is 4.99. The van der Waals surface area contributed by atoms with Gasteiger partial charge in [-0.05, 0) is 24.1 Å². The van der Waals surface area contributed by atoms with Crippen LogP contribution in [0.5, 0.6) is 0 Å². The number of hydrogen-bond donors (Lipinski definition) is 0. The van der Waals surface area contributed by atoms with Crippen molar-refractivity contribution in [1.29, 1.82) is 5.26 Å². The van der Waals surface area contributed by atoms with E-state index in [4.69, 9.17) is 5.26 Å². The predicted octanol–water partition coefficient (Wildman–Crippen LogP) is 2.00. The lowest BCUT2D eigenvalue weighted by molar-refractivity contribution is 0.679. The molecule has 0 N–H and O–H groups in total. The van der Waals surface area contributed by atoms with E-state index in [0.29, 0.717) is 11.4 Å². The van der Waals surface area contributed by atoms with E-state index >= 15 is 0 Å². The van der Waals surface area contributed by atoms with Gasteiger partial charge in [-0.3, -0.25) is 4.21 Å². The van der Waals surface area contributed by atoms with Crippen LogP contribution in [-0.4, -0.2) is 14.9 Å². The monoisotopic (exact) mass is 222 g/mol. The highest BCUT2D eigenvalue weighted by molar-refractivity contribution is 7.84. The molecular formula is C11H14N2OS. The number of unbranched alkanes of at least 4 members (excludes halogenated alkanes) is 1. The molecule has 1 heterocycles. The smallest absolute Gasteiger partial charge is 0.140 e. The number of hydrogen-bond acceptors (Lipinski definition) is 3. The van der Waals surface area contributed by atoms with E-state index in [0.717, 1.165) is 24.2 Å². The normalized spacial score (nSPS) is 12.0. The van der Waals surface area contributed by atoms with E-state index < -0.39 is 10.8 Å². The Morgan fingerprint density at radius 3 is 3.07 bits per heavy atom. The first-order valence-corrected chi connectivity index (χ1v) is 6.45. The molecule has 0 saturated heterocycles. The molecule has 0 aliphatic heterocycles. The molecule has 0 aliphatic rings. The van der Waals surface area contributed by atoms with Gasteiger partial charge >= 0.3 is 0 Å². The van der Waals surface area contributed by atoms with Crippen molar-refractivity contribution in [2.75, 3.05) is 5.75 Å². The Labute approximate surface area is 92.6 Å². The molecule has 0 aromatic carbocycles. The summed E-state index contributed by atoms with van der Waals surface area (Å²) in [5.74, 6) is 1.26. The summed E-state index contributed by atoms with van der Waals surface area (Å²) in [4.78, 5) is 3.87. The van der Waals surface area contributed by atoms with Gasteiger partial charge in [-0.2, -0.15) is 5.26 Å². The minimum Gasteiger partial charge on any atom is -0.259 e. The molecule has 0 spiro atoms. The minimum atomic E-state index is -0.818. The van der Waals surface area contributed by atoms with Gasteiger partial charge < -0.3 is 0 Å². The summed E-state index contributed by atoms with van der Waals surface area (Å²) in [5.41, 5.74) is 1.32. The number of aromatic nitrogens is 1. The number of nitrogens with zero attached hydrogens (tertiary/aromatic N) is 2. The van der Waals surface area contributed by atoms with Crippen LogP contribution in [0.1, 0.15) is 31.0 Å². The first kappa shape index (κ1) is 11.9. The molecule has 0 bridgehead atoms. The largest absolute Gasteiger partial charge is 0.259 e. The molecule has 1 atom stereocenters. The molecule has 0 radical (unpaired) electrons. The van der Waals surface area contributed by atoms with Crippen molar-refractivity contribution in [1.82, 2.24) is 4.98 Å². The number of nitriles is 1. The van der Waals surface area contributed by atoms with Crippen LogP contribution in [0.15, 0.2) is 18.3 Å². The van der Waals surface area contributed by atoms with Crippen LogP contribution in [0.2, 0.25) is 0 Å². The Balaban J connectivity index is 2.57. The predicted molar refractivity (Wildman–Crippen MR) is 60.6 cm³/mol. The second-order valence-corrected chi connectivity index (χ2v) is 4.88. The lowest BCUT2D eigenvalue weighted by atomic mass is 10.2. The molecule has 0 amide bonds. The second kappa shape index (κ2) is 6.31. The van der Waals surface area contributed by atoms with Gasteiger partial charge in [0.25, 0.3) is 0 Å². The third kappa shape index (κ3) is 4.22. The highest BCUT2D eigenvalue weighted by Gasteiger charge is 2.02. The maximum absolute atomic E-state index is 11.6. The molecular weight excluding hydrogens is 208 g/mol. The summed E-state index contributed by atoms with van der Waals surface area (Å²) in [5, 5.41) is 8.65. The lowest BCUT2D eigenvalue weighted by Gasteiger charge is -2.01. The van der Waals surface area contributed by atoms with Gasteiger partial charge in [0, 0.05) is 28.5 Å². The molecule has 15 heavy (non-hydrogen) atoms. The van der Waals surface area contributed by atoms with Crippen LogP contribution in [0.25, 0.3) is 0 Å². The van der Waals surface area contributed by atoms with E-state index in [1.807, 2.05) is 12.1 Å². The molecule has 4 heteroatoms. The van der Waals surface area contributed by atoms with E-state index in [-0.39, 0.29) is 0 Å². The molecule has 1 aromatic rings. The molecule has 80 valence electrons. The van der Waals surface area contributed by atoms with Crippen molar-refractivity contribution in [3.8, 4) is 6.07 Å². The molecule has 0 fully saturated rings. The zero-order valence-electron chi connectivity index (χ0n) is 8.77. The zero-order valence-corrected chi connectivity index (χ0v) is 9.59. The first-order chi connectivity index (χ1) is 7.26. The van der Waals surface area contributed by atoms with Crippen molar-refractivity contribution in [2.45, 2.75) is 25.5 Å². The summed E-state index contributed by atoms with van der Waals surface area (Å²) in [7, 11) is -0.818. The van der Waals surface area contributed by atoms with Gasteiger partial charge in [0.15, 0.2) is 0 Å². The summed E-state index contributed by atoms with van der Waals surface area (Å²) in [6.45, 7) is 2.08. The lowest BCUT2D eigenvalue weighted by Crippen LogP contribution is -2.01. The van der Waals surface area contributed by atoms with Crippen molar-refractivity contribution in [2.24, 2.45) is 0 Å². The maximum Gasteiger partial charge on any atom is 0.140 e. The first-order valence-electron chi connectivity index (χ1n) is 4.96. The minimum absolute atomic E-state index is 0.389. The molecule has 0 aliphatic carbocycles. The molecule has 3 nitrogen and oxygen atoms in total. The van der Waals surface area contributed by atoms with Gasteiger partial charge in [0.1, 0.15) is 11.8 Å². The summed E-state index contributed by atoms with van der Waals surface area (Å²) in [6.07, 6.45) is 3.64. The fraction of sp³-hybridized carbons (Fsp3) is 0.455. The zero-order chi connectivity index (χ0) is 11.1. The van der Waals surface area contributed by atoms with Crippen LogP contribution >= 0.6 is 0 Å². The van der Waals surface area contributed by atoms with Gasteiger partial charge in [-0.1, -0.05) is 13.3 Å². The average Bonchev–Trinajstić information content (AvgIpc) is 2.26. The quantitative estimate of drug-likeness (QED) is 0.765. The van der Waals surface area contributed by atoms with Crippen LogP contribution in [0, 0.1) is 11.3 Å². The molecule has 1 rings (SSSR count). The third-order valence-corrected chi connectivity index (χ3v) is 3.39. The number of pyridine rings is 1. The van der Waals surface area contributed by atoms with Crippen LogP contribution in [-0.2, 0) is 16.6 Å². The SMILES string of the molecule is CCCCS(=O)Cc1ccnc(C#N)c1. The Bertz CT molecular complexity index is 384. The van der Waals surface area contributed by atoms with Gasteiger partial charge in [-0.15, -0.1) is 0 Å². The van der Waals surface area contributed by atoms with Crippen LogP contribution in [0.3, 0.4) is 0 Å². The Morgan fingerprint density at radius 2 is 2.40 bits per heavy atom. The molecule has 1 unspecified atom stereocenters. The van der Waals surface area contributed by atoms with E-state index in [2.05, 4.69) is 11.9 Å². The third-order valence-electron chi connectivity index (χ3n) is 1.99. The van der Waals surface area contributed by atoms with Crippen molar-refractivity contribution in [3.63, 3.8) is 0 Å². The fourth-order valence-corrected chi connectivity index (χ4v) is 2.49. The van der Waals surface area contributed by atoms with E-state index in [9.17, 15) is 4.21 Å². The Hall–Kier alpha value is -1.21. The average molecular weight is 222 g/mol. The van der Waals surface area contributed by atoms with Crippen molar-refractivity contribution < 1.29 is 4.21 Å². The van der Waals surface area contributed by atoms with Gasteiger partial charge in [-0.25, -0.2) is 4.98 Å². The van der Waals surface area contributed by atoms with E-state index in [1.54, 1.807) is 12.3 Å². The highest BCUT2D eigenvalue weighted by Crippen LogP contribution is 2.05. The topological polar surface area (TPSA) is 53.8 Å². The summed E-state index contributed by atoms with van der Waals surface area (Å²) in [6, 6.07) is 5.48. The molecule has 0 saturated carbocycles. The van der Waals surface area contributed by atoms with E-state index in [1.165, 1.54) is 0 Å². The van der Waals surface area contributed by atoms with Crippen LogP contribution in [0.4, 0.5) is 0 Å². The summed E-state index contributed by atoms with van der Waals surface area (Å²) < 4.78 is 11.6. The second-order valence-electron chi connectivity index (χ2n) is 3.30. The van der Waals surface area contributed by atoms with Crippen molar-refractivity contribution >= 4 is 10.8 Å². The Morgan fingerprint density at radius 1 is 1.60 bits per heavy atom.